The van der Waals surface area contributed by atoms with E-state index in [0.29, 0.717) is 0 Å². The third-order valence-corrected chi connectivity index (χ3v) is 5.99. The number of nitrogens with zero attached hydrogens (tertiary/aromatic N) is 4. The first-order chi connectivity index (χ1) is 14.8. The van der Waals surface area contributed by atoms with Gasteiger partial charge in [-0.2, -0.15) is 5.10 Å². The summed E-state index contributed by atoms with van der Waals surface area (Å²) in [5, 5.41) is 4.92. The molecule has 1 aliphatic rings. The van der Waals surface area contributed by atoms with E-state index < -0.39 is 0 Å². The van der Waals surface area contributed by atoms with Gasteiger partial charge in [-0.1, -0.05) is 49.7 Å². The monoisotopic (exact) mass is 402 g/mol. The van der Waals surface area contributed by atoms with Crippen LogP contribution in [0.1, 0.15) is 37.6 Å². The molecule has 2 aromatic carbocycles. The lowest BCUT2D eigenvalue weighted by molar-refractivity contribution is 0.253. The smallest absolute Gasteiger partial charge is 0.0648 e. The van der Waals surface area contributed by atoms with Crippen LogP contribution in [-0.2, 0) is 12.8 Å². The van der Waals surface area contributed by atoms with Gasteiger partial charge in [-0.05, 0) is 62.6 Å². The van der Waals surface area contributed by atoms with Crippen molar-refractivity contribution in [2.45, 2.75) is 39.0 Å². The van der Waals surface area contributed by atoms with E-state index in [2.05, 4.69) is 88.1 Å². The molecule has 4 nitrogen and oxygen atoms in total. The zero-order chi connectivity index (χ0) is 20.6. The van der Waals surface area contributed by atoms with Crippen molar-refractivity contribution in [2.75, 3.05) is 37.6 Å². The highest BCUT2D eigenvalue weighted by Crippen LogP contribution is 2.17. The molecule has 0 unspecified atom stereocenters. The van der Waals surface area contributed by atoms with Crippen LogP contribution in [-0.4, -0.2) is 47.4 Å². The molecule has 0 amide bonds. The van der Waals surface area contributed by atoms with Crippen LogP contribution in [0.5, 0.6) is 0 Å². The van der Waals surface area contributed by atoms with Gasteiger partial charge >= 0.3 is 0 Å². The third kappa shape index (κ3) is 5.31. The predicted octanol–water partition coefficient (Wildman–Crippen LogP) is 4.97. The lowest BCUT2D eigenvalue weighted by Crippen LogP contribution is -2.46. The fraction of sp³-hybridized carbons (Fsp3) is 0.423. The van der Waals surface area contributed by atoms with Crippen LogP contribution in [0.2, 0.25) is 0 Å². The van der Waals surface area contributed by atoms with E-state index in [1.807, 2.05) is 0 Å². The number of hydrogen-bond acceptors (Lipinski definition) is 3. The highest BCUT2D eigenvalue weighted by Gasteiger charge is 2.16. The Morgan fingerprint density at radius 1 is 0.767 bits per heavy atom. The van der Waals surface area contributed by atoms with Crippen LogP contribution < -0.4 is 4.90 Å². The molecule has 0 bridgehead atoms. The molecule has 4 rings (SSSR count). The minimum atomic E-state index is 1.07. The van der Waals surface area contributed by atoms with Crippen molar-refractivity contribution in [3.05, 3.63) is 78.1 Å². The fourth-order valence-electron chi connectivity index (χ4n) is 4.33. The van der Waals surface area contributed by atoms with Crippen LogP contribution in [0.25, 0.3) is 5.69 Å². The lowest BCUT2D eigenvalue weighted by Gasteiger charge is -2.36. The highest BCUT2D eigenvalue weighted by molar-refractivity contribution is 5.46. The van der Waals surface area contributed by atoms with Gasteiger partial charge in [-0.15, -0.1) is 0 Å². The lowest BCUT2D eigenvalue weighted by atomic mass is 10.1. The normalized spacial score (nSPS) is 14.9. The van der Waals surface area contributed by atoms with Gasteiger partial charge in [-0.25, -0.2) is 4.68 Å². The van der Waals surface area contributed by atoms with E-state index in [1.54, 1.807) is 0 Å². The second-order valence-corrected chi connectivity index (χ2v) is 8.25. The predicted molar refractivity (Wildman–Crippen MR) is 126 cm³/mol. The Balaban J connectivity index is 1.23. The Bertz CT molecular complexity index is 880. The van der Waals surface area contributed by atoms with Gasteiger partial charge in [0.05, 0.1) is 11.4 Å². The molecule has 0 saturated carbocycles. The maximum absolute atomic E-state index is 4.92. The van der Waals surface area contributed by atoms with Gasteiger partial charge < -0.3 is 4.90 Å². The number of anilines is 1. The first kappa shape index (κ1) is 20.7. The van der Waals surface area contributed by atoms with Crippen molar-refractivity contribution in [1.29, 1.82) is 0 Å². The molecule has 1 saturated heterocycles. The number of aryl methyl sites for hydroxylation is 2. The maximum Gasteiger partial charge on any atom is 0.0648 e. The first-order valence-electron chi connectivity index (χ1n) is 11.5. The first-order valence-corrected chi connectivity index (χ1v) is 11.5. The third-order valence-electron chi connectivity index (χ3n) is 5.99. The number of piperazine rings is 1. The summed E-state index contributed by atoms with van der Waals surface area (Å²) in [6.07, 6.45) is 5.74. The summed E-state index contributed by atoms with van der Waals surface area (Å²) < 4.78 is 2.14. The summed E-state index contributed by atoms with van der Waals surface area (Å²) in [4.78, 5) is 5.12. The van der Waals surface area contributed by atoms with E-state index in [9.17, 15) is 0 Å². The summed E-state index contributed by atoms with van der Waals surface area (Å²) in [6.45, 7) is 8.03. The quantitative estimate of drug-likeness (QED) is 0.472. The molecule has 0 spiro atoms. The molecule has 0 radical (unpaired) electrons. The number of unbranched alkanes of at least 4 members (excludes halogenated alkanes) is 1. The zero-order valence-electron chi connectivity index (χ0n) is 18.2. The SMILES string of the molecule is CCCc1cc(CCCCN2CCN(c3ccccc3)CC2)nn1-c1ccccc1. The van der Waals surface area contributed by atoms with Gasteiger partial charge in [0.1, 0.15) is 0 Å². The second-order valence-electron chi connectivity index (χ2n) is 8.25. The van der Waals surface area contributed by atoms with Crippen molar-refractivity contribution in [2.24, 2.45) is 0 Å². The number of aromatic nitrogens is 2. The van der Waals surface area contributed by atoms with E-state index in [-0.39, 0.29) is 0 Å². The molecule has 1 aromatic heterocycles. The number of rotatable bonds is 9. The number of benzene rings is 2. The molecule has 0 N–H and O–H groups in total. The standard InChI is InChI=1S/C26H34N4/c1-2-11-26-22-23(27-30(26)25-15-7-4-8-16-25)12-9-10-17-28-18-20-29(21-19-28)24-13-5-3-6-14-24/h3-8,13-16,22H,2,9-12,17-21H2,1H3. The largest absolute Gasteiger partial charge is 0.369 e. The molecule has 3 aromatic rings. The molecule has 0 atom stereocenters. The Hall–Kier alpha value is -2.59. The summed E-state index contributed by atoms with van der Waals surface area (Å²) in [5.41, 5.74) is 5.09. The molecular formula is C26H34N4. The average Bonchev–Trinajstić information content (AvgIpc) is 3.21. The van der Waals surface area contributed by atoms with Crippen LogP contribution >= 0.6 is 0 Å². The summed E-state index contributed by atoms with van der Waals surface area (Å²) in [7, 11) is 0. The molecule has 30 heavy (non-hydrogen) atoms. The molecule has 4 heteroatoms. The Morgan fingerprint density at radius 3 is 2.10 bits per heavy atom. The summed E-state index contributed by atoms with van der Waals surface area (Å²) >= 11 is 0. The van der Waals surface area contributed by atoms with Crippen molar-refractivity contribution in [1.82, 2.24) is 14.7 Å². The van der Waals surface area contributed by atoms with Crippen LogP contribution in [0.15, 0.2) is 66.7 Å². The minimum absolute atomic E-state index is 1.07. The van der Waals surface area contributed by atoms with Gasteiger partial charge in [0, 0.05) is 37.6 Å². The van der Waals surface area contributed by atoms with E-state index in [0.717, 1.165) is 45.4 Å². The topological polar surface area (TPSA) is 24.3 Å². The van der Waals surface area contributed by atoms with Crippen molar-refractivity contribution in [3.63, 3.8) is 0 Å². The average molecular weight is 403 g/mol. The van der Waals surface area contributed by atoms with Crippen LogP contribution in [0, 0.1) is 0 Å². The summed E-state index contributed by atoms with van der Waals surface area (Å²) in [5.74, 6) is 0. The summed E-state index contributed by atoms with van der Waals surface area (Å²) in [6, 6.07) is 23.6. The van der Waals surface area contributed by atoms with E-state index in [4.69, 9.17) is 5.10 Å². The van der Waals surface area contributed by atoms with Crippen LogP contribution in [0.4, 0.5) is 5.69 Å². The zero-order valence-corrected chi connectivity index (χ0v) is 18.2. The van der Waals surface area contributed by atoms with Crippen molar-refractivity contribution < 1.29 is 0 Å². The maximum atomic E-state index is 4.92. The molecule has 1 aliphatic heterocycles. The molecular weight excluding hydrogens is 368 g/mol. The van der Waals surface area contributed by atoms with Crippen molar-refractivity contribution in [3.8, 4) is 5.69 Å². The minimum Gasteiger partial charge on any atom is -0.369 e. The van der Waals surface area contributed by atoms with E-state index >= 15 is 0 Å². The number of para-hydroxylation sites is 2. The molecule has 1 fully saturated rings. The van der Waals surface area contributed by atoms with Gasteiger partial charge in [0.25, 0.3) is 0 Å². The molecule has 0 aliphatic carbocycles. The van der Waals surface area contributed by atoms with Crippen LogP contribution in [0.3, 0.4) is 0 Å². The Labute approximate surface area is 181 Å². The fourth-order valence-corrected chi connectivity index (χ4v) is 4.33. The van der Waals surface area contributed by atoms with Gasteiger partial charge in [0.15, 0.2) is 0 Å². The Kier molecular flexibility index (Phi) is 7.20. The molecule has 2 heterocycles. The highest BCUT2D eigenvalue weighted by atomic mass is 15.3. The van der Waals surface area contributed by atoms with Crippen molar-refractivity contribution >= 4 is 5.69 Å². The molecule has 158 valence electrons. The van der Waals surface area contributed by atoms with Gasteiger partial charge in [0.2, 0.25) is 0 Å². The van der Waals surface area contributed by atoms with E-state index in [1.165, 1.54) is 42.1 Å². The second kappa shape index (κ2) is 10.4. The Morgan fingerprint density at radius 2 is 1.43 bits per heavy atom. The van der Waals surface area contributed by atoms with Gasteiger partial charge in [-0.3, -0.25) is 4.90 Å². The number of hydrogen-bond donors (Lipinski definition) is 0.